The zero-order chi connectivity index (χ0) is 29.0. The van der Waals surface area contributed by atoms with Gasteiger partial charge in [0, 0.05) is 39.0 Å². The molecule has 0 amide bonds. The lowest BCUT2D eigenvalue weighted by atomic mass is 9.95. The van der Waals surface area contributed by atoms with Crippen molar-refractivity contribution in [3.63, 3.8) is 0 Å². The van der Waals surface area contributed by atoms with Gasteiger partial charge in [-0.05, 0) is 45.1 Å². The zero-order valence-electron chi connectivity index (χ0n) is 23.6. The van der Waals surface area contributed by atoms with E-state index in [-0.39, 0.29) is 0 Å². The van der Waals surface area contributed by atoms with Crippen molar-refractivity contribution >= 4 is 54.1 Å². The highest BCUT2D eigenvalue weighted by atomic mass is 14.9. The van der Waals surface area contributed by atoms with Crippen molar-refractivity contribution in [2.45, 2.75) is 0 Å². The summed E-state index contributed by atoms with van der Waals surface area (Å²) in [4.78, 5) is 20.0. The Morgan fingerprint density at radius 2 is 0.955 bits per heavy atom. The molecule has 0 fully saturated rings. The van der Waals surface area contributed by atoms with E-state index in [2.05, 4.69) is 103 Å². The molecular weight excluding hydrogens is 536 g/mol. The Bertz CT molecular complexity index is 2540. The average Bonchev–Trinajstić information content (AvgIpc) is 3.11. The van der Waals surface area contributed by atoms with Crippen LogP contribution in [0, 0.1) is 0 Å². The summed E-state index contributed by atoms with van der Waals surface area (Å²) < 4.78 is 0. The molecule has 0 saturated heterocycles. The molecule has 2 heterocycles. The summed E-state index contributed by atoms with van der Waals surface area (Å²) in [6.07, 6.45) is 1.97. The van der Waals surface area contributed by atoms with Gasteiger partial charge in [-0.1, -0.05) is 121 Å². The second-order valence-corrected chi connectivity index (χ2v) is 11.1. The van der Waals surface area contributed by atoms with E-state index in [1.165, 1.54) is 21.5 Å². The van der Waals surface area contributed by atoms with Crippen LogP contribution in [0.1, 0.15) is 0 Å². The smallest absolute Gasteiger partial charge is 0.160 e. The minimum atomic E-state index is 0.692. The van der Waals surface area contributed by atoms with Crippen LogP contribution in [0.2, 0.25) is 0 Å². The van der Waals surface area contributed by atoms with Crippen LogP contribution in [0.25, 0.3) is 88.2 Å². The maximum absolute atomic E-state index is 5.19. The van der Waals surface area contributed by atoms with E-state index in [1.54, 1.807) is 0 Å². The number of nitrogens with zero attached hydrogens (tertiary/aromatic N) is 4. The number of fused-ring (bicyclic) bond motifs is 8. The summed E-state index contributed by atoms with van der Waals surface area (Å²) in [5.41, 5.74) is 5.77. The highest BCUT2D eigenvalue weighted by molar-refractivity contribution is 6.26. The standard InChI is InChI=1S/C40H24N4/c1-2-10-25(11-3-1)37-32-16-8-9-17-36(32)42-40(43-37)27-20-18-26(19-21-27)39-41-24-35-31-15-7-6-14-30(31)33-22-28-12-4-5-13-29(28)23-34(33)38(35)44-39/h1-24H. The Morgan fingerprint density at radius 3 is 1.70 bits per heavy atom. The Hall–Kier alpha value is -6.00. The number of rotatable bonds is 3. The van der Waals surface area contributed by atoms with Gasteiger partial charge in [0.1, 0.15) is 0 Å². The third kappa shape index (κ3) is 3.92. The summed E-state index contributed by atoms with van der Waals surface area (Å²) in [6, 6.07) is 48.3. The third-order valence-electron chi connectivity index (χ3n) is 8.49. The maximum Gasteiger partial charge on any atom is 0.160 e. The van der Waals surface area contributed by atoms with E-state index in [0.29, 0.717) is 11.6 Å². The molecule has 0 aliphatic rings. The fourth-order valence-corrected chi connectivity index (χ4v) is 6.33. The van der Waals surface area contributed by atoms with Gasteiger partial charge in [0.15, 0.2) is 11.6 Å². The van der Waals surface area contributed by atoms with Gasteiger partial charge >= 0.3 is 0 Å². The van der Waals surface area contributed by atoms with E-state index in [4.69, 9.17) is 19.9 Å². The molecule has 0 bridgehead atoms. The van der Waals surface area contributed by atoms with Crippen molar-refractivity contribution in [2.75, 3.05) is 0 Å². The normalized spacial score (nSPS) is 11.6. The monoisotopic (exact) mass is 560 g/mol. The Labute approximate surface area is 253 Å². The van der Waals surface area contributed by atoms with E-state index in [0.717, 1.165) is 55.0 Å². The number of hydrogen-bond acceptors (Lipinski definition) is 4. The van der Waals surface area contributed by atoms with Crippen molar-refractivity contribution in [3.05, 3.63) is 146 Å². The number of hydrogen-bond donors (Lipinski definition) is 0. The van der Waals surface area contributed by atoms with Crippen LogP contribution in [-0.2, 0) is 0 Å². The quantitative estimate of drug-likeness (QED) is 0.159. The molecule has 0 aliphatic carbocycles. The summed E-state index contributed by atoms with van der Waals surface area (Å²) in [5, 5.41) is 9.23. The molecular formula is C40H24N4. The van der Waals surface area contributed by atoms with Crippen LogP contribution in [0.15, 0.2) is 146 Å². The second-order valence-electron chi connectivity index (χ2n) is 11.1. The minimum absolute atomic E-state index is 0.692. The van der Waals surface area contributed by atoms with E-state index < -0.39 is 0 Å². The molecule has 0 spiro atoms. The highest BCUT2D eigenvalue weighted by Gasteiger charge is 2.15. The zero-order valence-corrected chi connectivity index (χ0v) is 23.6. The fourth-order valence-electron chi connectivity index (χ4n) is 6.33. The van der Waals surface area contributed by atoms with Crippen LogP contribution in [0.3, 0.4) is 0 Å². The molecule has 0 N–H and O–H groups in total. The summed E-state index contributed by atoms with van der Waals surface area (Å²) in [5.74, 6) is 1.39. The van der Waals surface area contributed by atoms with Gasteiger partial charge in [-0.2, -0.15) is 0 Å². The van der Waals surface area contributed by atoms with Gasteiger partial charge in [0.25, 0.3) is 0 Å². The third-order valence-corrected chi connectivity index (χ3v) is 8.49. The number of aromatic nitrogens is 4. The lowest BCUT2D eigenvalue weighted by Gasteiger charge is -2.12. The first-order valence-electron chi connectivity index (χ1n) is 14.7. The summed E-state index contributed by atoms with van der Waals surface area (Å²) in [6.45, 7) is 0. The Kier molecular flexibility index (Phi) is 5.47. The molecule has 0 unspecified atom stereocenters. The Morgan fingerprint density at radius 1 is 0.364 bits per heavy atom. The van der Waals surface area contributed by atoms with Gasteiger partial charge in [-0.15, -0.1) is 0 Å². The van der Waals surface area contributed by atoms with Crippen LogP contribution in [-0.4, -0.2) is 19.9 Å². The topological polar surface area (TPSA) is 51.6 Å². The molecule has 0 saturated carbocycles. The molecule has 9 aromatic rings. The van der Waals surface area contributed by atoms with Crippen molar-refractivity contribution in [1.82, 2.24) is 19.9 Å². The molecule has 2 aromatic heterocycles. The molecule has 4 heteroatoms. The van der Waals surface area contributed by atoms with Crippen molar-refractivity contribution in [1.29, 1.82) is 0 Å². The van der Waals surface area contributed by atoms with Crippen molar-refractivity contribution < 1.29 is 0 Å². The minimum Gasteiger partial charge on any atom is -0.236 e. The second kappa shape index (κ2) is 9.79. The van der Waals surface area contributed by atoms with Gasteiger partial charge in [0.05, 0.1) is 16.7 Å². The number of benzene rings is 7. The molecule has 204 valence electrons. The van der Waals surface area contributed by atoms with Crippen molar-refractivity contribution in [2.24, 2.45) is 0 Å². The first-order valence-corrected chi connectivity index (χ1v) is 14.7. The summed E-state index contributed by atoms with van der Waals surface area (Å²) in [7, 11) is 0. The highest BCUT2D eigenvalue weighted by Crippen LogP contribution is 2.37. The predicted octanol–water partition coefficient (Wildman–Crippen LogP) is 10.0. The molecule has 0 radical (unpaired) electrons. The molecule has 0 atom stereocenters. The van der Waals surface area contributed by atoms with E-state index in [9.17, 15) is 0 Å². The van der Waals surface area contributed by atoms with E-state index >= 15 is 0 Å². The summed E-state index contributed by atoms with van der Waals surface area (Å²) >= 11 is 0. The van der Waals surface area contributed by atoms with Gasteiger partial charge < -0.3 is 0 Å². The molecule has 44 heavy (non-hydrogen) atoms. The first kappa shape index (κ1) is 24.6. The average molecular weight is 561 g/mol. The molecule has 7 aromatic carbocycles. The van der Waals surface area contributed by atoms with Gasteiger partial charge in [0.2, 0.25) is 0 Å². The predicted molar refractivity (Wildman–Crippen MR) is 181 cm³/mol. The van der Waals surface area contributed by atoms with Crippen LogP contribution in [0.5, 0.6) is 0 Å². The SMILES string of the molecule is c1ccc(-c2nc(-c3ccc(-c4ncc5c6ccccc6c6cc7ccccc7cc6c5n4)cc3)nc3ccccc23)cc1. The van der Waals surface area contributed by atoms with Crippen molar-refractivity contribution in [3.8, 4) is 34.0 Å². The van der Waals surface area contributed by atoms with Gasteiger partial charge in [-0.25, -0.2) is 19.9 Å². The molecule has 4 nitrogen and oxygen atoms in total. The molecule has 9 rings (SSSR count). The molecule has 0 aliphatic heterocycles. The van der Waals surface area contributed by atoms with Crippen LogP contribution < -0.4 is 0 Å². The first-order chi connectivity index (χ1) is 21.8. The van der Waals surface area contributed by atoms with E-state index in [1.807, 2.05) is 42.6 Å². The maximum atomic E-state index is 5.19. The number of para-hydroxylation sites is 1. The Balaban J connectivity index is 1.19. The van der Waals surface area contributed by atoms with Gasteiger partial charge in [-0.3, -0.25) is 0 Å². The van der Waals surface area contributed by atoms with Crippen LogP contribution in [0.4, 0.5) is 0 Å². The van der Waals surface area contributed by atoms with Crippen LogP contribution >= 0.6 is 0 Å². The largest absolute Gasteiger partial charge is 0.236 e. The fraction of sp³-hybridized carbons (Fsp3) is 0. The lowest BCUT2D eigenvalue weighted by molar-refractivity contribution is 1.22. The lowest BCUT2D eigenvalue weighted by Crippen LogP contribution is -1.96.